The second-order valence-corrected chi connectivity index (χ2v) is 2.20. The van der Waals surface area contributed by atoms with Gasteiger partial charge in [-0.05, 0) is 13.8 Å². The summed E-state index contributed by atoms with van der Waals surface area (Å²) < 4.78 is 8.56. The van der Waals surface area contributed by atoms with Gasteiger partial charge < -0.3 is 14.6 Å². The summed E-state index contributed by atoms with van der Waals surface area (Å²) in [5.74, 6) is -2.75. The molecule has 0 aromatic heterocycles. The van der Waals surface area contributed by atoms with Crippen LogP contribution in [0.2, 0.25) is 0 Å². The summed E-state index contributed by atoms with van der Waals surface area (Å²) in [4.78, 5) is 21.8. The van der Waals surface area contributed by atoms with Crippen LogP contribution < -0.4 is 0 Å². The fourth-order valence-electron chi connectivity index (χ4n) is 0.579. The molecule has 0 radical (unpaired) electrons. The molecule has 0 fully saturated rings. The maximum atomic E-state index is 10.9. The van der Waals surface area contributed by atoms with Crippen molar-refractivity contribution in [2.45, 2.75) is 13.8 Å². The Morgan fingerprint density at radius 3 is 2.33 bits per heavy atom. The van der Waals surface area contributed by atoms with E-state index < -0.39 is 17.7 Å². The Kier molecular flexibility index (Phi) is 8.41. The van der Waals surface area contributed by atoms with Crippen molar-refractivity contribution in [1.82, 2.24) is 0 Å². The molecule has 0 saturated carbocycles. The van der Waals surface area contributed by atoms with Gasteiger partial charge in [-0.3, -0.25) is 0 Å². The number of rotatable bonds is 3. The standard InChI is InChI=1S/C9H10O5.Ni/c1-4-13-8(11)6(3)7(10)9(12)14-5-2;/h1,10H,5H2,2-3H3;/b7-6-;. The third-order valence-corrected chi connectivity index (χ3v) is 1.28. The van der Waals surface area contributed by atoms with E-state index in [0.717, 1.165) is 0 Å². The number of esters is 2. The Balaban J connectivity index is 0. The van der Waals surface area contributed by atoms with Gasteiger partial charge in [0.05, 0.1) is 12.2 Å². The Hall–Kier alpha value is -1.47. The maximum absolute atomic E-state index is 10.9. The van der Waals surface area contributed by atoms with Gasteiger partial charge >= 0.3 is 11.9 Å². The molecule has 6 heteroatoms. The summed E-state index contributed by atoms with van der Waals surface area (Å²) in [6.07, 6.45) is 6.32. The van der Waals surface area contributed by atoms with E-state index in [1.54, 1.807) is 13.0 Å². The topological polar surface area (TPSA) is 72.8 Å². The number of hydrogen-bond donors (Lipinski definition) is 1. The van der Waals surface area contributed by atoms with Gasteiger partial charge in [0.2, 0.25) is 5.76 Å². The molecule has 0 aliphatic rings. The van der Waals surface area contributed by atoms with Gasteiger partial charge in [0.25, 0.3) is 0 Å². The van der Waals surface area contributed by atoms with Crippen molar-refractivity contribution >= 4 is 11.9 Å². The number of hydrogen-bond acceptors (Lipinski definition) is 5. The normalized spacial score (nSPS) is 10.2. The van der Waals surface area contributed by atoms with Crippen LogP contribution in [0, 0.1) is 12.5 Å². The van der Waals surface area contributed by atoms with Crippen LogP contribution in [-0.2, 0) is 35.6 Å². The monoisotopic (exact) mass is 256 g/mol. The second kappa shape index (κ2) is 7.89. The van der Waals surface area contributed by atoms with Crippen LogP contribution in [-0.4, -0.2) is 23.7 Å². The van der Waals surface area contributed by atoms with Crippen molar-refractivity contribution in [2.75, 3.05) is 6.61 Å². The molecule has 0 heterocycles. The van der Waals surface area contributed by atoms with Crippen molar-refractivity contribution in [3.63, 3.8) is 0 Å². The quantitative estimate of drug-likeness (QED) is 0.262. The predicted octanol–water partition coefficient (Wildman–Crippen LogP) is 0.513. The van der Waals surface area contributed by atoms with E-state index in [1.165, 1.54) is 6.92 Å². The fourth-order valence-corrected chi connectivity index (χ4v) is 0.579. The number of aliphatic hydroxyl groups is 1. The van der Waals surface area contributed by atoms with Crippen LogP contribution in [0.5, 0.6) is 0 Å². The van der Waals surface area contributed by atoms with Crippen LogP contribution in [0.4, 0.5) is 0 Å². The Bertz CT molecular complexity index is 313. The van der Waals surface area contributed by atoms with E-state index in [4.69, 9.17) is 5.11 Å². The average molecular weight is 257 g/mol. The van der Waals surface area contributed by atoms with Gasteiger partial charge in [0, 0.05) is 16.5 Å². The van der Waals surface area contributed by atoms with Crippen molar-refractivity contribution in [1.29, 1.82) is 0 Å². The minimum absolute atomic E-state index is 0. The second-order valence-electron chi connectivity index (χ2n) is 2.20. The van der Waals surface area contributed by atoms with Crippen molar-refractivity contribution < 1.29 is 40.7 Å². The van der Waals surface area contributed by atoms with Gasteiger partial charge in [-0.25, -0.2) is 9.59 Å². The maximum Gasteiger partial charge on any atom is 0.373 e. The zero-order valence-corrected chi connectivity index (χ0v) is 9.17. The molecule has 86 valence electrons. The van der Waals surface area contributed by atoms with Crippen LogP contribution >= 0.6 is 0 Å². The molecule has 0 aromatic rings. The first-order chi connectivity index (χ1) is 6.54. The first kappa shape index (κ1) is 16.0. The van der Waals surface area contributed by atoms with Crippen LogP contribution in [0.3, 0.4) is 0 Å². The molecule has 15 heavy (non-hydrogen) atoms. The third kappa shape index (κ3) is 5.09. The van der Waals surface area contributed by atoms with Crippen LogP contribution in [0.15, 0.2) is 11.3 Å². The first-order valence-electron chi connectivity index (χ1n) is 3.78. The number of carbonyl (C=O) groups is 2. The minimum Gasteiger partial charge on any atom is -0.501 e. The number of carbonyl (C=O) groups excluding carboxylic acids is 2. The number of aliphatic hydroxyl groups excluding tert-OH is 1. The summed E-state index contributed by atoms with van der Waals surface area (Å²) in [5.41, 5.74) is -0.290. The fraction of sp³-hybridized carbons (Fsp3) is 0.333. The zero-order chi connectivity index (χ0) is 11.1. The van der Waals surface area contributed by atoms with Gasteiger partial charge in [-0.1, -0.05) is 6.42 Å². The van der Waals surface area contributed by atoms with E-state index in [1.807, 2.05) is 0 Å². The van der Waals surface area contributed by atoms with Crippen molar-refractivity contribution in [3.05, 3.63) is 11.3 Å². The first-order valence-corrected chi connectivity index (χ1v) is 3.78. The molecule has 0 unspecified atom stereocenters. The van der Waals surface area contributed by atoms with Crippen LogP contribution in [0.25, 0.3) is 0 Å². The smallest absolute Gasteiger partial charge is 0.373 e. The van der Waals surface area contributed by atoms with Gasteiger partial charge in [0.1, 0.15) is 6.11 Å². The van der Waals surface area contributed by atoms with E-state index in [9.17, 15) is 9.59 Å². The summed E-state index contributed by atoms with van der Waals surface area (Å²) in [6, 6.07) is 0. The van der Waals surface area contributed by atoms with Crippen molar-refractivity contribution in [2.24, 2.45) is 0 Å². The molecule has 0 aliphatic carbocycles. The zero-order valence-electron chi connectivity index (χ0n) is 8.18. The van der Waals surface area contributed by atoms with E-state index in [2.05, 4.69) is 15.9 Å². The molecule has 0 aromatic carbocycles. The molecule has 0 amide bonds. The van der Waals surface area contributed by atoms with Gasteiger partial charge in [-0.15, -0.1) is 0 Å². The Morgan fingerprint density at radius 2 is 1.93 bits per heavy atom. The molecule has 0 rings (SSSR count). The van der Waals surface area contributed by atoms with E-state index >= 15 is 0 Å². The number of ether oxygens (including phenoxy) is 2. The van der Waals surface area contributed by atoms with E-state index in [-0.39, 0.29) is 28.7 Å². The Morgan fingerprint density at radius 1 is 1.40 bits per heavy atom. The molecule has 0 atom stereocenters. The molecule has 5 nitrogen and oxygen atoms in total. The summed E-state index contributed by atoms with van der Waals surface area (Å²) in [7, 11) is 0. The molecule has 0 spiro atoms. The summed E-state index contributed by atoms with van der Waals surface area (Å²) >= 11 is 0. The number of terminal acetylenes is 1. The minimum atomic E-state index is -0.987. The Labute approximate surface area is 97.4 Å². The predicted molar refractivity (Wildman–Crippen MR) is 46.9 cm³/mol. The summed E-state index contributed by atoms with van der Waals surface area (Å²) in [5, 5.41) is 9.15. The van der Waals surface area contributed by atoms with Gasteiger partial charge in [0.15, 0.2) is 0 Å². The SMILES string of the molecule is C#COC(=O)/C(C)=C(\O)C(=O)OCC.[Ni]. The molecular weight excluding hydrogens is 247 g/mol. The molecule has 1 N–H and O–H groups in total. The van der Waals surface area contributed by atoms with Gasteiger partial charge in [-0.2, -0.15) is 0 Å². The van der Waals surface area contributed by atoms with Crippen LogP contribution in [0.1, 0.15) is 13.8 Å². The van der Waals surface area contributed by atoms with Crippen molar-refractivity contribution in [3.8, 4) is 12.5 Å². The largest absolute Gasteiger partial charge is 0.501 e. The van der Waals surface area contributed by atoms with E-state index in [0.29, 0.717) is 0 Å². The average Bonchev–Trinajstić information content (AvgIpc) is 2.16. The molecule has 0 bridgehead atoms. The third-order valence-electron chi connectivity index (χ3n) is 1.28. The molecule has 0 saturated heterocycles. The molecular formula is C9H10NiO5. The molecule has 0 aliphatic heterocycles. The summed E-state index contributed by atoms with van der Waals surface area (Å²) in [6.45, 7) is 2.87.